The number of alkyl halides is 9. The third kappa shape index (κ3) is 9.23. The number of nitrogens with one attached hydrogen (secondary N) is 1. The predicted molar refractivity (Wildman–Crippen MR) is 150 cm³/mol. The summed E-state index contributed by atoms with van der Waals surface area (Å²) in [5, 5.41) is 21.7. The average Bonchev–Trinajstić information content (AvgIpc) is 3.52. The fraction of sp³-hybridized carbons (Fsp3) is 0.360. The Labute approximate surface area is 268 Å². The summed E-state index contributed by atoms with van der Waals surface area (Å²) in [4.78, 5) is 18.8. The Morgan fingerprint density at radius 1 is 1.04 bits per heavy atom. The van der Waals surface area contributed by atoms with Crippen LogP contribution >= 0.6 is 11.3 Å². The number of halogens is 9. The van der Waals surface area contributed by atoms with Crippen molar-refractivity contribution < 1.29 is 67.7 Å². The zero-order valence-corrected chi connectivity index (χ0v) is 26.0. The number of ether oxygens (including phenoxy) is 1. The smallest absolute Gasteiger partial charge is 0.433 e. The van der Waals surface area contributed by atoms with E-state index in [0.29, 0.717) is 36.2 Å². The highest BCUT2D eigenvalue weighted by Crippen LogP contribution is 2.40. The fourth-order valence-corrected chi connectivity index (χ4v) is 6.46. The summed E-state index contributed by atoms with van der Waals surface area (Å²) in [6, 6.07) is 1.78. The Hall–Kier alpha value is -4.22. The van der Waals surface area contributed by atoms with Gasteiger partial charge in [0, 0.05) is 5.56 Å². The van der Waals surface area contributed by atoms with E-state index in [1.54, 1.807) is 20.8 Å². The van der Waals surface area contributed by atoms with Crippen molar-refractivity contribution in [1.82, 2.24) is 24.3 Å². The molecular weight excluding hydrogens is 715 g/mol. The van der Waals surface area contributed by atoms with E-state index in [-0.39, 0.29) is 20.5 Å². The number of carbonyl (C=O) groups is 1. The van der Waals surface area contributed by atoms with Crippen LogP contribution in [0.1, 0.15) is 41.2 Å². The molecule has 264 valence electrons. The first-order valence-electron chi connectivity index (χ1n) is 12.7. The second-order valence-corrected chi connectivity index (χ2v) is 13.2. The first-order valence-corrected chi connectivity index (χ1v) is 15.0. The summed E-state index contributed by atoms with van der Waals surface area (Å²) in [6.45, 7) is 2.37. The van der Waals surface area contributed by atoms with Gasteiger partial charge in [-0.3, -0.25) is 0 Å². The number of thiazole rings is 1. The summed E-state index contributed by atoms with van der Waals surface area (Å²) >= 11 is 0.907. The van der Waals surface area contributed by atoms with E-state index in [4.69, 9.17) is 15.9 Å². The Kier molecular flexibility index (Phi) is 10.6. The van der Waals surface area contributed by atoms with Crippen LogP contribution in [-0.2, 0) is 22.4 Å². The van der Waals surface area contributed by atoms with E-state index < -0.39 is 86.1 Å². The van der Waals surface area contributed by atoms with Crippen LogP contribution in [0.15, 0.2) is 34.7 Å². The van der Waals surface area contributed by atoms with Crippen LogP contribution in [0.3, 0.4) is 0 Å². The van der Waals surface area contributed by atoms with Crippen LogP contribution in [0.5, 0.6) is 5.75 Å². The predicted octanol–water partition coefficient (Wildman–Crippen LogP) is 5.16. The SMILES string of the molecule is Cc1nc(N)sc1S(=O)(=O)NC(C)(C)CO.O=C(O)c1cnn2c(C(F)(F)F)cc(-c3ccc(C(F)(F)F)c(OCC(F)(F)F)c3)nc12. The number of rotatable bonds is 8. The first kappa shape index (κ1) is 38.2. The number of nitrogens with zero attached hydrogens (tertiary/aromatic N) is 4. The Bertz CT molecular complexity index is 1920. The molecule has 4 rings (SSSR count). The van der Waals surface area contributed by atoms with E-state index >= 15 is 0 Å². The molecule has 3 heterocycles. The first-order chi connectivity index (χ1) is 21.8. The average molecular weight is 739 g/mol. The van der Waals surface area contributed by atoms with E-state index in [9.17, 15) is 52.7 Å². The van der Waals surface area contributed by atoms with Crippen LogP contribution in [0.2, 0.25) is 0 Å². The molecule has 3 aromatic heterocycles. The van der Waals surface area contributed by atoms with Crippen molar-refractivity contribution in [3.63, 3.8) is 0 Å². The standard InChI is InChI=1S/C17H8F9N3O3.C8H15N3O3S2/c18-15(19,20)6-32-11-3-7(1-2-9(11)16(21,22)23)10-4-12(17(24,25)26)29-13(28-10)8(5-27-29)14(30)31;1-5-6(15-7(9)10-5)16(13,14)11-8(2,3)4-12/h1-5H,6H2,(H,30,31);11-12H,4H2,1-3H3,(H2,9,10). The molecule has 23 heteroatoms. The van der Waals surface area contributed by atoms with Gasteiger partial charge in [-0.15, -0.1) is 0 Å². The van der Waals surface area contributed by atoms with Gasteiger partial charge < -0.3 is 20.7 Å². The Balaban J connectivity index is 0.000000328. The highest BCUT2D eigenvalue weighted by molar-refractivity contribution is 7.91. The summed E-state index contributed by atoms with van der Waals surface area (Å²) < 4.78 is 148. The monoisotopic (exact) mass is 738 g/mol. The molecule has 48 heavy (non-hydrogen) atoms. The van der Waals surface area contributed by atoms with Gasteiger partial charge in [-0.2, -0.15) is 44.6 Å². The van der Waals surface area contributed by atoms with Gasteiger partial charge in [0.05, 0.1) is 35.3 Å². The molecule has 4 aromatic rings. The van der Waals surface area contributed by atoms with Crippen LogP contribution in [0, 0.1) is 6.92 Å². The topological polar surface area (TPSA) is 182 Å². The number of aliphatic hydroxyl groups excluding tert-OH is 1. The molecule has 0 radical (unpaired) electrons. The number of hydrogen-bond donors (Lipinski definition) is 4. The maximum atomic E-state index is 13.4. The molecule has 0 fully saturated rings. The molecule has 0 atom stereocenters. The van der Waals surface area contributed by atoms with Crippen LogP contribution < -0.4 is 15.2 Å². The third-order valence-electron chi connectivity index (χ3n) is 5.79. The highest BCUT2D eigenvalue weighted by atomic mass is 32.2. The van der Waals surface area contributed by atoms with Crippen LogP contribution in [0.4, 0.5) is 44.6 Å². The molecule has 0 spiro atoms. The maximum Gasteiger partial charge on any atom is 0.433 e. The number of aryl methyl sites for hydroxylation is 1. The van der Waals surface area contributed by atoms with Gasteiger partial charge in [-0.25, -0.2) is 32.4 Å². The Morgan fingerprint density at radius 3 is 2.15 bits per heavy atom. The van der Waals surface area contributed by atoms with Crippen molar-refractivity contribution in [3.05, 3.63) is 53.0 Å². The minimum Gasteiger partial charge on any atom is -0.483 e. The molecule has 5 N–H and O–H groups in total. The zero-order valence-electron chi connectivity index (χ0n) is 24.4. The molecule has 0 aliphatic carbocycles. The second-order valence-electron chi connectivity index (χ2n) is 10.3. The van der Waals surface area contributed by atoms with Crippen molar-refractivity contribution in [2.75, 3.05) is 18.9 Å². The molecule has 1 aromatic carbocycles. The number of carboxylic acids is 1. The van der Waals surface area contributed by atoms with Crippen LogP contribution in [0.25, 0.3) is 16.9 Å². The third-order valence-corrected chi connectivity index (χ3v) is 9.08. The van der Waals surface area contributed by atoms with E-state index in [2.05, 4.69) is 24.5 Å². The van der Waals surface area contributed by atoms with Gasteiger partial charge in [0.25, 0.3) is 10.0 Å². The molecule has 12 nitrogen and oxygen atoms in total. The molecule has 0 aliphatic heterocycles. The molecular formula is C25H23F9N6O6S2. The number of anilines is 1. The van der Waals surface area contributed by atoms with Gasteiger partial charge in [0.15, 0.2) is 27.3 Å². The number of nitrogens with two attached hydrogens (primary N) is 1. The number of aromatic carboxylic acids is 1. The molecule has 0 unspecified atom stereocenters. The number of aromatic nitrogens is 4. The number of aliphatic hydroxyl groups is 1. The summed E-state index contributed by atoms with van der Waals surface area (Å²) in [6.07, 6.45) is -14.6. The normalized spacial score (nSPS) is 12.9. The number of carboxylic acid groups (broad SMARTS) is 1. The molecule has 0 bridgehead atoms. The molecule has 0 saturated carbocycles. The van der Waals surface area contributed by atoms with Gasteiger partial charge in [0.2, 0.25) is 0 Å². The minimum absolute atomic E-state index is 0.0894. The van der Waals surface area contributed by atoms with Gasteiger partial charge in [-0.1, -0.05) is 17.4 Å². The van der Waals surface area contributed by atoms with Crippen molar-refractivity contribution in [2.45, 2.75) is 49.0 Å². The number of nitrogen functional groups attached to an aromatic ring is 1. The Morgan fingerprint density at radius 2 is 1.67 bits per heavy atom. The minimum atomic E-state index is -5.13. The second kappa shape index (κ2) is 13.4. The molecule has 0 saturated heterocycles. The summed E-state index contributed by atoms with van der Waals surface area (Å²) in [7, 11) is -3.67. The van der Waals surface area contributed by atoms with Gasteiger partial charge >= 0.3 is 24.5 Å². The quantitative estimate of drug-likeness (QED) is 0.176. The van der Waals surface area contributed by atoms with Crippen LogP contribution in [-0.4, -0.2) is 69.1 Å². The lowest BCUT2D eigenvalue weighted by Gasteiger charge is -2.22. The number of fused-ring (bicyclic) bond motifs is 1. The maximum absolute atomic E-state index is 13.4. The summed E-state index contributed by atoms with van der Waals surface area (Å²) in [5.41, 5.74) is -0.890. The summed E-state index contributed by atoms with van der Waals surface area (Å²) in [5.74, 6) is -2.98. The lowest BCUT2D eigenvalue weighted by molar-refractivity contribution is -0.158. The van der Waals surface area contributed by atoms with Crippen molar-refractivity contribution in [2.24, 2.45) is 0 Å². The zero-order chi connectivity index (χ0) is 36.6. The largest absolute Gasteiger partial charge is 0.483 e. The van der Waals surface area contributed by atoms with Crippen molar-refractivity contribution >= 4 is 38.1 Å². The number of benzene rings is 1. The van der Waals surface area contributed by atoms with Gasteiger partial charge in [-0.05, 0) is 39.0 Å². The van der Waals surface area contributed by atoms with E-state index in [1.807, 2.05) is 0 Å². The van der Waals surface area contributed by atoms with Crippen molar-refractivity contribution in [1.29, 1.82) is 0 Å². The van der Waals surface area contributed by atoms with E-state index in [0.717, 1.165) is 11.3 Å². The number of hydrogen-bond acceptors (Lipinski definition) is 10. The van der Waals surface area contributed by atoms with E-state index in [1.165, 1.54) is 0 Å². The lowest BCUT2D eigenvalue weighted by Crippen LogP contribution is -2.46. The molecule has 0 aliphatic rings. The lowest BCUT2D eigenvalue weighted by atomic mass is 10.1. The van der Waals surface area contributed by atoms with Gasteiger partial charge in [0.1, 0.15) is 11.3 Å². The van der Waals surface area contributed by atoms with Crippen molar-refractivity contribution in [3.8, 4) is 17.0 Å². The molecule has 0 amide bonds. The highest BCUT2D eigenvalue weighted by Gasteiger charge is 2.38. The number of sulfonamides is 1. The fourth-order valence-electron chi connectivity index (χ4n) is 3.75.